The normalized spacial score (nSPS) is 11.6. The number of anilines is 1. The maximum atomic E-state index is 13.3. The summed E-state index contributed by atoms with van der Waals surface area (Å²) in [6.07, 6.45) is 3.34. The number of carbonyl (C=O) groups excluding carboxylic acids is 1. The number of para-hydroxylation sites is 1. The van der Waals surface area contributed by atoms with E-state index < -0.39 is 10.0 Å². The highest BCUT2D eigenvalue weighted by Crippen LogP contribution is 2.27. The van der Waals surface area contributed by atoms with E-state index >= 15 is 0 Å². The van der Waals surface area contributed by atoms with Gasteiger partial charge in [-0.1, -0.05) is 24.3 Å². The Bertz CT molecular complexity index is 1420. The van der Waals surface area contributed by atoms with Gasteiger partial charge in [0.05, 0.1) is 21.7 Å². The predicted octanol–water partition coefficient (Wildman–Crippen LogP) is 4.11. The molecular weight excluding hydrogens is 424 g/mol. The summed E-state index contributed by atoms with van der Waals surface area (Å²) in [4.78, 5) is 22.1. The van der Waals surface area contributed by atoms with Gasteiger partial charge in [-0.2, -0.15) is 0 Å². The molecule has 2 heterocycles. The van der Waals surface area contributed by atoms with Crippen LogP contribution in [-0.2, 0) is 10.0 Å². The number of benzene rings is 2. The third-order valence-corrected chi connectivity index (χ3v) is 7.10. The minimum Gasteiger partial charge on any atom is -0.322 e. The van der Waals surface area contributed by atoms with Crippen molar-refractivity contribution in [2.24, 2.45) is 0 Å². The molecule has 0 fully saturated rings. The highest BCUT2D eigenvalue weighted by molar-refractivity contribution is 7.89. The van der Waals surface area contributed by atoms with Crippen LogP contribution in [0.5, 0.6) is 0 Å². The smallest absolute Gasteiger partial charge is 0.256 e. The number of hydrogen-bond donors (Lipinski definition) is 1. The monoisotopic (exact) mass is 446 g/mol. The summed E-state index contributed by atoms with van der Waals surface area (Å²) in [5.74, 6) is -0.351. The second-order valence-corrected chi connectivity index (χ2v) is 9.65. The SMILES string of the molecule is Cc1ccc(NC(=O)c2cc(-c3ccncc3)nc3ccccc23)cc1S(=O)(=O)N(C)C. The fourth-order valence-corrected chi connectivity index (χ4v) is 4.53. The third kappa shape index (κ3) is 4.10. The molecule has 7 nitrogen and oxygen atoms in total. The van der Waals surface area contributed by atoms with Crippen molar-refractivity contribution in [3.63, 3.8) is 0 Å². The van der Waals surface area contributed by atoms with Crippen LogP contribution in [0.15, 0.2) is 78.0 Å². The molecule has 32 heavy (non-hydrogen) atoms. The first kappa shape index (κ1) is 21.6. The third-order valence-electron chi connectivity index (χ3n) is 5.14. The van der Waals surface area contributed by atoms with Crippen molar-refractivity contribution in [2.75, 3.05) is 19.4 Å². The Morgan fingerprint density at radius 3 is 2.41 bits per heavy atom. The number of hydrogen-bond acceptors (Lipinski definition) is 5. The lowest BCUT2D eigenvalue weighted by molar-refractivity contribution is 0.102. The highest BCUT2D eigenvalue weighted by atomic mass is 32.2. The zero-order valence-corrected chi connectivity index (χ0v) is 18.7. The number of aryl methyl sites for hydroxylation is 1. The number of sulfonamides is 1. The Kier molecular flexibility index (Phi) is 5.73. The molecule has 0 saturated heterocycles. The number of aromatic nitrogens is 2. The van der Waals surface area contributed by atoms with Crippen LogP contribution in [0.1, 0.15) is 15.9 Å². The standard InChI is InChI=1S/C24H22N4O3S/c1-16-8-9-18(14-23(16)32(30,31)28(2)3)26-24(29)20-15-22(17-10-12-25-13-11-17)27-21-7-5-4-6-19(20)21/h4-15H,1-3H3,(H,26,29). The van der Waals surface area contributed by atoms with E-state index in [4.69, 9.17) is 0 Å². The van der Waals surface area contributed by atoms with Crippen molar-refractivity contribution in [3.05, 3.63) is 84.2 Å². The number of nitrogens with zero attached hydrogens (tertiary/aromatic N) is 3. The Labute approximate surface area is 186 Å². The minimum atomic E-state index is -3.64. The van der Waals surface area contributed by atoms with Crippen molar-refractivity contribution in [1.82, 2.24) is 14.3 Å². The van der Waals surface area contributed by atoms with Gasteiger partial charge in [-0.3, -0.25) is 9.78 Å². The summed E-state index contributed by atoms with van der Waals surface area (Å²) in [5.41, 5.74) is 3.62. The van der Waals surface area contributed by atoms with E-state index in [1.165, 1.54) is 20.2 Å². The molecule has 0 saturated carbocycles. The van der Waals surface area contributed by atoms with Crippen molar-refractivity contribution < 1.29 is 13.2 Å². The quantitative estimate of drug-likeness (QED) is 0.498. The first-order chi connectivity index (χ1) is 15.3. The number of rotatable bonds is 5. The highest BCUT2D eigenvalue weighted by Gasteiger charge is 2.21. The number of nitrogens with one attached hydrogen (secondary N) is 1. The molecule has 2 aromatic carbocycles. The van der Waals surface area contributed by atoms with Crippen LogP contribution < -0.4 is 5.32 Å². The molecular formula is C24H22N4O3S. The van der Waals surface area contributed by atoms with E-state index in [0.29, 0.717) is 33.4 Å². The van der Waals surface area contributed by atoms with E-state index in [2.05, 4.69) is 15.3 Å². The van der Waals surface area contributed by atoms with Gasteiger partial charge in [0.1, 0.15) is 0 Å². The van der Waals surface area contributed by atoms with Crippen LogP contribution in [0.3, 0.4) is 0 Å². The van der Waals surface area contributed by atoms with Crippen LogP contribution in [0.2, 0.25) is 0 Å². The van der Waals surface area contributed by atoms with Crippen LogP contribution in [-0.4, -0.2) is 42.7 Å². The molecule has 4 rings (SSSR count). The largest absolute Gasteiger partial charge is 0.322 e. The summed E-state index contributed by atoms with van der Waals surface area (Å²) < 4.78 is 26.4. The summed E-state index contributed by atoms with van der Waals surface area (Å²) in [7, 11) is -0.690. The fourth-order valence-electron chi connectivity index (χ4n) is 3.38. The number of pyridine rings is 2. The molecule has 0 bridgehead atoms. The van der Waals surface area contributed by atoms with Crippen molar-refractivity contribution in [2.45, 2.75) is 11.8 Å². The Morgan fingerprint density at radius 1 is 0.969 bits per heavy atom. The molecule has 162 valence electrons. The van der Waals surface area contributed by atoms with E-state index in [0.717, 1.165) is 9.87 Å². The Hall–Kier alpha value is -3.62. The molecule has 0 spiro atoms. The second kappa shape index (κ2) is 8.49. The molecule has 1 amide bonds. The summed E-state index contributed by atoms with van der Waals surface area (Å²) in [6, 6.07) is 17.7. The average Bonchev–Trinajstić information content (AvgIpc) is 2.79. The van der Waals surface area contributed by atoms with Crippen LogP contribution in [0, 0.1) is 6.92 Å². The van der Waals surface area contributed by atoms with Crippen LogP contribution in [0.25, 0.3) is 22.2 Å². The van der Waals surface area contributed by atoms with Crippen molar-refractivity contribution in [3.8, 4) is 11.3 Å². The number of fused-ring (bicyclic) bond motifs is 1. The summed E-state index contributed by atoms with van der Waals surface area (Å²) in [5, 5.41) is 3.55. The van der Waals surface area contributed by atoms with E-state index in [1.807, 2.05) is 36.4 Å². The van der Waals surface area contributed by atoms with Gasteiger partial charge in [-0.15, -0.1) is 0 Å². The van der Waals surface area contributed by atoms with Crippen molar-refractivity contribution >= 4 is 32.5 Å². The maximum Gasteiger partial charge on any atom is 0.256 e. The average molecular weight is 447 g/mol. The number of amides is 1. The van der Waals surface area contributed by atoms with E-state index in [1.54, 1.807) is 37.5 Å². The predicted molar refractivity (Wildman–Crippen MR) is 125 cm³/mol. The molecule has 0 aliphatic carbocycles. The molecule has 0 radical (unpaired) electrons. The zero-order chi connectivity index (χ0) is 22.9. The van der Waals surface area contributed by atoms with Crippen molar-refractivity contribution in [1.29, 1.82) is 0 Å². The summed E-state index contributed by atoms with van der Waals surface area (Å²) >= 11 is 0. The maximum absolute atomic E-state index is 13.3. The topological polar surface area (TPSA) is 92.3 Å². The Morgan fingerprint density at radius 2 is 1.69 bits per heavy atom. The first-order valence-electron chi connectivity index (χ1n) is 9.92. The molecule has 2 aromatic heterocycles. The van der Waals surface area contributed by atoms with Gasteiger partial charge in [0, 0.05) is 43.1 Å². The van der Waals surface area contributed by atoms with Gasteiger partial charge < -0.3 is 5.32 Å². The van der Waals surface area contributed by atoms with Gasteiger partial charge in [0.15, 0.2) is 0 Å². The van der Waals surface area contributed by atoms with Gasteiger partial charge >= 0.3 is 0 Å². The molecule has 1 N–H and O–H groups in total. The van der Waals surface area contributed by atoms with Gasteiger partial charge in [-0.25, -0.2) is 17.7 Å². The lowest BCUT2D eigenvalue weighted by atomic mass is 10.0. The molecule has 0 atom stereocenters. The Balaban J connectivity index is 1.77. The van der Waals surface area contributed by atoms with Gasteiger partial charge in [0.25, 0.3) is 5.91 Å². The minimum absolute atomic E-state index is 0.150. The second-order valence-electron chi connectivity index (χ2n) is 7.53. The molecule has 0 aliphatic heterocycles. The number of carbonyl (C=O) groups is 1. The molecule has 8 heteroatoms. The van der Waals surface area contributed by atoms with Crippen LogP contribution >= 0.6 is 0 Å². The van der Waals surface area contributed by atoms with Gasteiger partial charge in [0.2, 0.25) is 10.0 Å². The first-order valence-corrected chi connectivity index (χ1v) is 11.4. The van der Waals surface area contributed by atoms with E-state index in [9.17, 15) is 13.2 Å². The fraction of sp³-hybridized carbons (Fsp3) is 0.125. The molecule has 0 unspecified atom stereocenters. The van der Waals surface area contributed by atoms with E-state index in [-0.39, 0.29) is 10.8 Å². The molecule has 0 aliphatic rings. The lowest BCUT2D eigenvalue weighted by Crippen LogP contribution is -2.23. The van der Waals surface area contributed by atoms with Crippen LogP contribution in [0.4, 0.5) is 5.69 Å². The van der Waals surface area contributed by atoms with Gasteiger partial charge in [-0.05, 0) is 48.9 Å². The molecule has 4 aromatic rings. The summed E-state index contributed by atoms with van der Waals surface area (Å²) in [6.45, 7) is 1.72. The zero-order valence-electron chi connectivity index (χ0n) is 17.9. The lowest BCUT2D eigenvalue weighted by Gasteiger charge is -2.15.